The number of piperidine rings is 1. The van der Waals surface area contributed by atoms with Crippen LogP contribution in [-0.4, -0.2) is 58.0 Å². The molecule has 4 atom stereocenters. The lowest BCUT2D eigenvalue weighted by Crippen LogP contribution is -2.50. The molecule has 2 rings (SSSR count). The second-order valence-corrected chi connectivity index (χ2v) is 4.72. The van der Waals surface area contributed by atoms with Crippen molar-refractivity contribution < 1.29 is 28.7 Å². The molecule has 2 heterocycles. The molecule has 2 aliphatic heterocycles. The van der Waals surface area contributed by atoms with E-state index in [1.54, 1.807) is 6.92 Å². The van der Waals surface area contributed by atoms with Crippen molar-refractivity contribution in [3.8, 4) is 0 Å². The van der Waals surface area contributed by atoms with E-state index in [-0.39, 0.29) is 12.5 Å². The minimum Gasteiger partial charge on any atom is -0.477 e. The van der Waals surface area contributed by atoms with Crippen LogP contribution in [0.4, 0.5) is 9.18 Å². The fraction of sp³-hybridized carbons (Fsp3) is 0.700. The SMILES string of the molecule is CC1C[C@@H](C(N)=O)N2CC1N(OC(F)C(=O)O)C2=O. The Morgan fingerprint density at radius 2 is 2.21 bits per heavy atom. The number of halogens is 1. The van der Waals surface area contributed by atoms with Gasteiger partial charge in [0.25, 0.3) is 0 Å². The summed E-state index contributed by atoms with van der Waals surface area (Å²) in [5.74, 6) is -2.61. The number of carbonyl (C=O) groups is 3. The Balaban J connectivity index is 2.18. The molecule has 9 heteroatoms. The van der Waals surface area contributed by atoms with Gasteiger partial charge in [-0.05, 0) is 12.3 Å². The smallest absolute Gasteiger partial charge is 0.368 e. The maximum Gasteiger partial charge on any atom is 0.368 e. The molecule has 3 amide bonds. The zero-order valence-corrected chi connectivity index (χ0v) is 10.2. The van der Waals surface area contributed by atoms with Crippen molar-refractivity contribution in [2.24, 2.45) is 11.7 Å². The summed E-state index contributed by atoms with van der Waals surface area (Å²) in [5.41, 5.74) is 5.21. The number of hydroxylamine groups is 2. The van der Waals surface area contributed by atoms with Crippen molar-refractivity contribution in [1.82, 2.24) is 9.96 Å². The summed E-state index contributed by atoms with van der Waals surface area (Å²) in [4.78, 5) is 39.4. The van der Waals surface area contributed by atoms with Crippen LogP contribution in [0.5, 0.6) is 0 Å². The summed E-state index contributed by atoms with van der Waals surface area (Å²) in [6.07, 6.45) is -2.28. The highest BCUT2D eigenvalue weighted by atomic mass is 19.1. The number of carboxylic acid groups (broad SMARTS) is 1. The lowest BCUT2D eigenvalue weighted by molar-refractivity contribution is -0.227. The number of carbonyl (C=O) groups excluding carboxylic acids is 2. The second kappa shape index (κ2) is 4.65. The van der Waals surface area contributed by atoms with Gasteiger partial charge >= 0.3 is 18.4 Å². The van der Waals surface area contributed by atoms with Crippen LogP contribution >= 0.6 is 0 Å². The van der Waals surface area contributed by atoms with Gasteiger partial charge in [0.05, 0.1) is 6.04 Å². The average molecular weight is 275 g/mol. The maximum absolute atomic E-state index is 13.1. The zero-order chi connectivity index (χ0) is 14.3. The van der Waals surface area contributed by atoms with Crippen LogP contribution < -0.4 is 5.73 Å². The molecule has 106 valence electrons. The number of aliphatic carboxylic acids is 1. The van der Waals surface area contributed by atoms with Crippen LogP contribution in [0.1, 0.15) is 13.3 Å². The van der Waals surface area contributed by atoms with E-state index in [4.69, 9.17) is 10.8 Å². The van der Waals surface area contributed by atoms with Gasteiger partial charge in [-0.2, -0.15) is 5.06 Å². The van der Waals surface area contributed by atoms with Gasteiger partial charge in [-0.25, -0.2) is 18.8 Å². The molecule has 3 unspecified atom stereocenters. The van der Waals surface area contributed by atoms with Gasteiger partial charge in [0.2, 0.25) is 5.91 Å². The molecular weight excluding hydrogens is 261 g/mol. The van der Waals surface area contributed by atoms with E-state index >= 15 is 0 Å². The van der Waals surface area contributed by atoms with E-state index in [0.717, 1.165) is 0 Å². The minimum atomic E-state index is -2.62. The molecule has 0 aromatic carbocycles. The van der Waals surface area contributed by atoms with Gasteiger partial charge in [-0.3, -0.25) is 4.79 Å². The maximum atomic E-state index is 13.1. The largest absolute Gasteiger partial charge is 0.477 e. The average Bonchev–Trinajstić information content (AvgIpc) is 2.60. The summed E-state index contributed by atoms with van der Waals surface area (Å²) in [6, 6.07) is -1.99. The van der Waals surface area contributed by atoms with Crippen molar-refractivity contribution >= 4 is 17.9 Å². The highest BCUT2D eigenvalue weighted by molar-refractivity contribution is 5.87. The Hall–Kier alpha value is -1.90. The second-order valence-electron chi connectivity index (χ2n) is 4.72. The van der Waals surface area contributed by atoms with Crippen molar-refractivity contribution in [1.29, 1.82) is 0 Å². The fourth-order valence-corrected chi connectivity index (χ4v) is 2.47. The quantitative estimate of drug-likeness (QED) is 0.704. The number of primary amides is 1. The molecule has 2 bridgehead atoms. The van der Waals surface area contributed by atoms with Crippen molar-refractivity contribution in [2.45, 2.75) is 31.8 Å². The van der Waals surface area contributed by atoms with Gasteiger partial charge in [-0.15, -0.1) is 0 Å². The van der Waals surface area contributed by atoms with Gasteiger partial charge < -0.3 is 15.7 Å². The molecule has 0 aromatic rings. The standard InChI is InChI=1S/C10H14FN3O5/c1-4-2-5(8(12)15)13-3-6(4)14(10(13)18)19-7(11)9(16)17/h4-7H,2-3H2,1H3,(H2,12,15)(H,16,17)/t4?,5-,6?,7?/m0/s1. The first-order valence-electron chi connectivity index (χ1n) is 5.75. The third kappa shape index (κ3) is 2.21. The number of nitrogens with zero attached hydrogens (tertiary/aromatic N) is 2. The Bertz CT molecular complexity index is 431. The lowest BCUT2D eigenvalue weighted by Gasteiger charge is -2.32. The molecular formula is C10H14FN3O5. The van der Waals surface area contributed by atoms with E-state index < -0.39 is 36.3 Å². The van der Waals surface area contributed by atoms with Crippen LogP contribution in [-0.2, 0) is 14.4 Å². The lowest BCUT2D eigenvalue weighted by atomic mass is 9.90. The van der Waals surface area contributed by atoms with E-state index in [0.29, 0.717) is 11.5 Å². The Morgan fingerprint density at radius 1 is 1.58 bits per heavy atom. The summed E-state index contributed by atoms with van der Waals surface area (Å²) >= 11 is 0. The molecule has 0 saturated carbocycles. The summed E-state index contributed by atoms with van der Waals surface area (Å²) in [7, 11) is 0. The van der Waals surface area contributed by atoms with E-state index in [1.165, 1.54) is 4.90 Å². The molecule has 2 aliphatic rings. The number of rotatable bonds is 4. The Labute approximate surface area is 107 Å². The number of hydrogen-bond donors (Lipinski definition) is 2. The van der Waals surface area contributed by atoms with Gasteiger partial charge in [0, 0.05) is 6.54 Å². The first-order valence-corrected chi connectivity index (χ1v) is 5.75. The molecule has 0 radical (unpaired) electrons. The van der Waals surface area contributed by atoms with Crippen LogP contribution in [0, 0.1) is 5.92 Å². The van der Waals surface area contributed by atoms with Crippen LogP contribution in [0.3, 0.4) is 0 Å². The third-order valence-corrected chi connectivity index (χ3v) is 3.48. The summed E-state index contributed by atoms with van der Waals surface area (Å²) < 4.78 is 13.1. The van der Waals surface area contributed by atoms with E-state index in [9.17, 15) is 18.8 Å². The molecule has 8 nitrogen and oxygen atoms in total. The van der Waals surface area contributed by atoms with Gasteiger partial charge in [0.15, 0.2) is 0 Å². The predicted octanol–water partition coefficient (Wildman–Crippen LogP) is -0.702. The Kier molecular flexibility index (Phi) is 3.31. The van der Waals surface area contributed by atoms with Gasteiger partial charge in [-0.1, -0.05) is 6.92 Å². The van der Waals surface area contributed by atoms with Crippen LogP contribution in [0.25, 0.3) is 0 Å². The molecule has 0 aliphatic carbocycles. The van der Waals surface area contributed by atoms with E-state index in [1.807, 2.05) is 0 Å². The first-order chi connectivity index (χ1) is 8.82. The third-order valence-electron chi connectivity index (χ3n) is 3.48. The van der Waals surface area contributed by atoms with Crippen molar-refractivity contribution in [2.75, 3.05) is 6.54 Å². The number of nitrogens with two attached hydrogens (primary N) is 1. The topological polar surface area (TPSA) is 113 Å². The van der Waals surface area contributed by atoms with Crippen LogP contribution in [0.2, 0.25) is 0 Å². The molecule has 3 N–H and O–H groups in total. The normalized spacial score (nSPS) is 31.5. The van der Waals surface area contributed by atoms with Crippen molar-refractivity contribution in [3.63, 3.8) is 0 Å². The fourth-order valence-electron chi connectivity index (χ4n) is 2.47. The number of hydrogen-bond acceptors (Lipinski definition) is 4. The number of amides is 3. The number of alkyl halides is 1. The zero-order valence-electron chi connectivity index (χ0n) is 10.2. The summed E-state index contributed by atoms with van der Waals surface area (Å²) in [6.45, 7) is 1.93. The molecule has 2 fully saturated rings. The number of fused-ring (bicyclic) bond motifs is 2. The molecule has 0 aromatic heterocycles. The Morgan fingerprint density at radius 3 is 2.74 bits per heavy atom. The minimum absolute atomic E-state index is 0.152. The number of carboxylic acids is 1. The number of urea groups is 1. The molecule has 19 heavy (non-hydrogen) atoms. The highest BCUT2D eigenvalue weighted by Gasteiger charge is 2.51. The highest BCUT2D eigenvalue weighted by Crippen LogP contribution is 2.34. The monoisotopic (exact) mass is 275 g/mol. The van der Waals surface area contributed by atoms with Gasteiger partial charge in [0.1, 0.15) is 6.04 Å². The molecule has 0 spiro atoms. The van der Waals surface area contributed by atoms with Crippen LogP contribution in [0.15, 0.2) is 0 Å². The predicted molar refractivity (Wildman–Crippen MR) is 58.1 cm³/mol. The summed E-state index contributed by atoms with van der Waals surface area (Å²) in [5, 5.41) is 9.15. The van der Waals surface area contributed by atoms with E-state index in [2.05, 4.69) is 4.84 Å². The first kappa shape index (κ1) is 13.5. The molecule has 2 saturated heterocycles. The van der Waals surface area contributed by atoms with Crippen molar-refractivity contribution in [3.05, 3.63) is 0 Å².